The number of benzene rings is 1. The lowest BCUT2D eigenvalue weighted by molar-refractivity contribution is 0.0997. The van der Waals surface area contributed by atoms with Crippen LogP contribution < -0.4 is 5.32 Å². The molecule has 0 radical (unpaired) electrons. The average Bonchev–Trinajstić information content (AvgIpc) is 2.88. The van der Waals surface area contributed by atoms with Crippen LogP contribution >= 0.6 is 0 Å². The number of nitrogens with one attached hydrogen (secondary N) is 1. The number of hydrogen-bond donors (Lipinski definition) is 2. The van der Waals surface area contributed by atoms with Gasteiger partial charge in [0.05, 0.1) is 6.54 Å². The Morgan fingerprint density at radius 1 is 1.24 bits per heavy atom. The van der Waals surface area contributed by atoms with Gasteiger partial charge in [0.25, 0.3) is 12.3 Å². The predicted molar refractivity (Wildman–Crippen MR) is 75.6 cm³/mol. The lowest BCUT2D eigenvalue weighted by atomic mass is 10.1. The number of amides is 1. The molecule has 0 saturated heterocycles. The molecule has 6 heteroatoms. The van der Waals surface area contributed by atoms with Gasteiger partial charge in [-0.2, -0.15) is 0 Å². The summed E-state index contributed by atoms with van der Waals surface area (Å²) in [6.45, 7) is -0.446. The van der Waals surface area contributed by atoms with Gasteiger partial charge in [0.1, 0.15) is 5.69 Å². The molecule has 0 atom stereocenters. The molecule has 1 aromatic heterocycles. The van der Waals surface area contributed by atoms with Gasteiger partial charge >= 0.3 is 0 Å². The van der Waals surface area contributed by atoms with Gasteiger partial charge < -0.3 is 15.0 Å². The largest absolute Gasteiger partial charge is 0.396 e. The molecule has 2 rings (SSSR count). The normalized spacial score (nSPS) is 10.9. The van der Waals surface area contributed by atoms with Crippen molar-refractivity contribution in [2.75, 3.05) is 11.9 Å². The Morgan fingerprint density at radius 3 is 2.57 bits per heavy atom. The molecular formula is C15H16F2N2O2. The highest BCUT2D eigenvalue weighted by atomic mass is 19.3. The average molecular weight is 294 g/mol. The molecule has 1 aromatic carbocycles. The first kappa shape index (κ1) is 15.2. The summed E-state index contributed by atoms with van der Waals surface area (Å²) in [5.41, 5.74) is 1.72. The zero-order valence-corrected chi connectivity index (χ0v) is 11.3. The summed E-state index contributed by atoms with van der Waals surface area (Å²) in [6, 6.07) is 10.1. The fourth-order valence-corrected chi connectivity index (χ4v) is 2.01. The Morgan fingerprint density at radius 2 is 1.95 bits per heavy atom. The maximum atomic E-state index is 12.4. The molecule has 0 aliphatic rings. The molecule has 2 aromatic rings. The summed E-state index contributed by atoms with van der Waals surface area (Å²) in [6.07, 6.45) is -0.515. The maximum Gasteiger partial charge on any atom is 0.272 e. The van der Waals surface area contributed by atoms with Crippen molar-refractivity contribution in [3.8, 4) is 0 Å². The van der Waals surface area contributed by atoms with Gasteiger partial charge in [0.15, 0.2) is 0 Å². The van der Waals surface area contributed by atoms with E-state index in [0.717, 1.165) is 5.56 Å². The Kier molecular flexibility index (Phi) is 5.05. The third kappa shape index (κ3) is 4.13. The van der Waals surface area contributed by atoms with Crippen molar-refractivity contribution in [3.63, 3.8) is 0 Å². The van der Waals surface area contributed by atoms with Crippen molar-refractivity contribution >= 4 is 11.6 Å². The van der Waals surface area contributed by atoms with Gasteiger partial charge in [-0.1, -0.05) is 12.1 Å². The first-order valence-corrected chi connectivity index (χ1v) is 6.54. The van der Waals surface area contributed by atoms with Crippen LogP contribution in [0.15, 0.2) is 42.6 Å². The smallest absolute Gasteiger partial charge is 0.272 e. The standard InChI is InChI=1S/C15H16F2N2O2/c16-14(17)10-19-8-1-2-13(19)15(21)18-12-5-3-11(4-6-12)7-9-20/h1-6,8,14,20H,7,9-10H2,(H,18,21). The molecule has 4 nitrogen and oxygen atoms in total. The van der Waals surface area contributed by atoms with E-state index in [4.69, 9.17) is 5.11 Å². The van der Waals surface area contributed by atoms with E-state index >= 15 is 0 Å². The second kappa shape index (κ2) is 6.99. The molecule has 0 fully saturated rings. The highest BCUT2D eigenvalue weighted by Gasteiger charge is 2.13. The second-order valence-electron chi connectivity index (χ2n) is 4.56. The molecule has 1 amide bonds. The summed E-state index contributed by atoms with van der Waals surface area (Å²) in [5.74, 6) is -0.435. The summed E-state index contributed by atoms with van der Waals surface area (Å²) in [7, 11) is 0. The van der Waals surface area contributed by atoms with Crippen LogP contribution in [0.2, 0.25) is 0 Å². The number of rotatable bonds is 6. The van der Waals surface area contributed by atoms with Crippen molar-refractivity contribution in [3.05, 3.63) is 53.9 Å². The minimum absolute atomic E-state index is 0.0624. The predicted octanol–water partition coefficient (Wildman–Crippen LogP) is 2.54. The quantitative estimate of drug-likeness (QED) is 0.860. The molecule has 0 aliphatic heterocycles. The monoisotopic (exact) mass is 294 g/mol. The zero-order chi connectivity index (χ0) is 15.2. The number of aliphatic hydroxyl groups excluding tert-OH is 1. The van der Waals surface area contributed by atoms with Crippen LogP contribution in [0.3, 0.4) is 0 Å². The number of nitrogens with zero attached hydrogens (tertiary/aromatic N) is 1. The summed E-state index contributed by atoms with van der Waals surface area (Å²) < 4.78 is 26.0. The van der Waals surface area contributed by atoms with Crippen molar-refractivity contribution in [2.45, 2.75) is 19.4 Å². The minimum atomic E-state index is -2.51. The first-order chi connectivity index (χ1) is 10.1. The van der Waals surface area contributed by atoms with Crippen molar-refractivity contribution < 1.29 is 18.7 Å². The van der Waals surface area contributed by atoms with Gasteiger partial charge in [-0.05, 0) is 36.2 Å². The number of aromatic nitrogens is 1. The molecule has 0 bridgehead atoms. The summed E-state index contributed by atoms with van der Waals surface area (Å²) >= 11 is 0. The van der Waals surface area contributed by atoms with E-state index in [1.165, 1.54) is 16.8 Å². The van der Waals surface area contributed by atoms with Crippen LogP contribution in [0.25, 0.3) is 0 Å². The zero-order valence-electron chi connectivity index (χ0n) is 11.3. The SMILES string of the molecule is O=C(Nc1ccc(CCO)cc1)c1cccn1CC(F)F. The van der Waals surface area contributed by atoms with E-state index in [1.807, 2.05) is 0 Å². The number of halogens is 2. The van der Waals surface area contributed by atoms with Crippen LogP contribution in [-0.4, -0.2) is 28.6 Å². The van der Waals surface area contributed by atoms with E-state index in [0.29, 0.717) is 12.1 Å². The highest BCUT2D eigenvalue weighted by molar-refractivity contribution is 6.03. The van der Waals surface area contributed by atoms with Crippen LogP contribution in [0.5, 0.6) is 0 Å². The van der Waals surface area contributed by atoms with Gasteiger partial charge in [0.2, 0.25) is 0 Å². The molecular weight excluding hydrogens is 278 g/mol. The highest BCUT2D eigenvalue weighted by Crippen LogP contribution is 2.13. The number of carbonyl (C=O) groups excluding carboxylic acids is 1. The van der Waals surface area contributed by atoms with Crippen molar-refractivity contribution in [1.82, 2.24) is 4.57 Å². The molecule has 0 spiro atoms. The van der Waals surface area contributed by atoms with Crippen LogP contribution in [-0.2, 0) is 13.0 Å². The molecule has 0 unspecified atom stereocenters. The van der Waals surface area contributed by atoms with Crippen LogP contribution in [0.4, 0.5) is 14.5 Å². The third-order valence-corrected chi connectivity index (χ3v) is 3.01. The van der Waals surface area contributed by atoms with Gasteiger partial charge in [0, 0.05) is 18.5 Å². The number of carbonyl (C=O) groups is 1. The molecule has 2 N–H and O–H groups in total. The fourth-order valence-electron chi connectivity index (χ4n) is 2.01. The molecule has 21 heavy (non-hydrogen) atoms. The van der Waals surface area contributed by atoms with E-state index in [2.05, 4.69) is 5.32 Å². The van der Waals surface area contributed by atoms with Crippen molar-refractivity contribution in [1.29, 1.82) is 0 Å². The van der Waals surface area contributed by atoms with Crippen molar-refractivity contribution in [2.24, 2.45) is 0 Å². The Bertz CT molecular complexity index is 594. The van der Waals surface area contributed by atoms with Gasteiger partial charge in [-0.15, -0.1) is 0 Å². The minimum Gasteiger partial charge on any atom is -0.396 e. The Labute approximate surface area is 121 Å². The Hall–Kier alpha value is -2.21. The van der Waals surface area contributed by atoms with E-state index in [1.54, 1.807) is 30.3 Å². The fraction of sp³-hybridized carbons (Fsp3) is 0.267. The maximum absolute atomic E-state index is 12.4. The molecule has 0 saturated carbocycles. The number of aliphatic hydroxyl groups is 1. The van der Waals surface area contributed by atoms with Gasteiger partial charge in [-0.25, -0.2) is 8.78 Å². The lowest BCUT2D eigenvalue weighted by Gasteiger charge is -2.09. The Balaban J connectivity index is 2.05. The molecule has 112 valence electrons. The lowest BCUT2D eigenvalue weighted by Crippen LogP contribution is -2.18. The number of anilines is 1. The summed E-state index contributed by atoms with van der Waals surface area (Å²) in [4.78, 5) is 12.1. The number of hydrogen-bond acceptors (Lipinski definition) is 2. The van der Waals surface area contributed by atoms with E-state index in [-0.39, 0.29) is 12.3 Å². The molecule has 1 heterocycles. The second-order valence-corrected chi connectivity index (χ2v) is 4.56. The van der Waals surface area contributed by atoms with Crippen LogP contribution in [0.1, 0.15) is 16.1 Å². The topological polar surface area (TPSA) is 54.3 Å². The summed E-state index contributed by atoms with van der Waals surface area (Å²) in [5, 5.41) is 11.5. The third-order valence-electron chi connectivity index (χ3n) is 3.01. The first-order valence-electron chi connectivity index (χ1n) is 6.54. The molecule has 0 aliphatic carbocycles. The van der Waals surface area contributed by atoms with E-state index < -0.39 is 18.9 Å². The van der Waals surface area contributed by atoms with Gasteiger partial charge in [-0.3, -0.25) is 4.79 Å². The number of alkyl halides is 2. The van der Waals surface area contributed by atoms with Crippen LogP contribution in [0, 0.1) is 0 Å². The van der Waals surface area contributed by atoms with E-state index in [9.17, 15) is 13.6 Å².